The zero-order chi connectivity index (χ0) is 31.9. The van der Waals surface area contributed by atoms with Crippen LogP contribution in [0.4, 0.5) is 26.3 Å². The largest absolute Gasteiger partial charge is 0.394 e. The average molecular weight is 856 g/mol. The Labute approximate surface area is 314 Å². The molecule has 254 valence electrons. The van der Waals surface area contributed by atoms with Gasteiger partial charge in [-0.3, -0.25) is 0 Å². The van der Waals surface area contributed by atoms with E-state index in [9.17, 15) is 26.3 Å². The van der Waals surface area contributed by atoms with Gasteiger partial charge in [-0.1, -0.05) is 63.6 Å². The summed E-state index contributed by atoms with van der Waals surface area (Å²) in [5.74, 6) is -11.2. The minimum absolute atomic E-state index is 0. The van der Waals surface area contributed by atoms with Crippen LogP contribution in [0.3, 0.4) is 0 Å². The number of rotatable bonds is 3. The van der Waals surface area contributed by atoms with E-state index in [2.05, 4.69) is 73.7 Å². The van der Waals surface area contributed by atoms with E-state index in [-0.39, 0.29) is 79.0 Å². The fraction of sp³-hybridized carbons (Fsp3) is 1.00. The summed E-state index contributed by atoms with van der Waals surface area (Å²) in [7, 11) is 7.67. The Hall–Kier alpha value is 2.92. The van der Waals surface area contributed by atoms with Gasteiger partial charge in [-0.05, 0) is 36.9 Å². The molecule has 3 saturated heterocycles. The molecule has 3 aliphatic rings. The van der Waals surface area contributed by atoms with Crippen molar-refractivity contribution in [1.82, 2.24) is 0 Å². The molecule has 0 saturated carbocycles. The molecule has 3 aliphatic heterocycles. The zero-order valence-corrected chi connectivity index (χ0v) is 32.4. The molecule has 0 spiro atoms. The second-order valence-electron chi connectivity index (χ2n) is 7.78. The van der Waals surface area contributed by atoms with Crippen molar-refractivity contribution in [2.45, 2.75) is 108 Å². The molecule has 0 amide bonds. The number of ether oxygens (including phenoxy) is 3. The Bertz CT molecular complexity index is 618. The minimum atomic E-state index is -3.69. The summed E-state index contributed by atoms with van der Waals surface area (Å²) in [6, 6.07) is 0. The van der Waals surface area contributed by atoms with Crippen molar-refractivity contribution in [3.63, 3.8) is 0 Å². The fourth-order valence-corrected chi connectivity index (χ4v) is 3.21. The van der Waals surface area contributed by atoms with Gasteiger partial charge >= 0.3 is 17.8 Å². The third-order valence-electron chi connectivity index (χ3n) is 5.54. The molecular formula is C19H37F6O9P3S3Ti3. The second-order valence-corrected chi connectivity index (χ2v) is 7.78. The van der Waals surface area contributed by atoms with Crippen molar-refractivity contribution < 1.29 is 136 Å². The van der Waals surface area contributed by atoms with Crippen LogP contribution in [0.1, 0.15) is 41.0 Å². The van der Waals surface area contributed by atoms with E-state index in [4.69, 9.17) is 30.6 Å². The molecule has 0 bridgehead atoms. The summed E-state index contributed by atoms with van der Waals surface area (Å²) < 4.78 is 88.7. The predicted molar refractivity (Wildman–Crippen MR) is 150 cm³/mol. The van der Waals surface area contributed by atoms with Gasteiger partial charge in [-0.15, -0.1) is 0 Å². The van der Waals surface area contributed by atoms with Crippen molar-refractivity contribution in [3.05, 3.63) is 0 Å². The summed E-state index contributed by atoms with van der Waals surface area (Å²) in [5, 5.41) is 51.7. The summed E-state index contributed by atoms with van der Waals surface area (Å²) >= 11 is 11.7. The molecule has 3 heterocycles. The Morgan fingerprint density at radius 3 is 0.953 bits per heavy atom. The minimum Gasteiger partial charge on any atom is -0.394 e. The van der Waals surface area contributed by atoms with Crippen molar-refractivity contribution in [1.29, 1.82) is 0 Å². The molecule has 9 nitrogen and oxygen atoms in total. The van der Waals surface area contributed by atoms with E-state index in [0.717, 1.165) is 0 Å². The van der Waals surface area contributed by atoms with Gasteiger partial charge in [0.2, 0.25) is 18.9 Å². The van der Waals surface area contributed by atoms with Crippen LogP contribution in [0.25, 0.3) is 0 Å². The van der Waals surface area contributed by atoms with Gasteiger partial charge in [-0.25, -0.2) is 8.78 Å². The Balaban J connectivity index is -0.0000000795. The summed E-state index contributed by atoms with van der Waals surface area (Å²) in [6.07, 6.45) is -12.5. The van der Waals surface area contributed by atoms with Gasteiger partial charge in [0.15, 0.2) is 6.10 Å². The van der Waals surface area contributed by atoms with Crippen LogP contribution in [0.5, 0.6) is 0 Å². The first-order chi connectivity index (χ1) is 18.0. The van der Waals surface area contributed by atoms with Gasteiger partial charge in [0.25, 0.3) is 0 Å². The third kappa shape index (κ3) is 17.4. The molecule has 43 heavy (non-hydrogen) atoms. The van der Waals surface area contributed by atoms with E-state index < -0.39 is 79.7 Å². The summed E-state index contributed by atoms with van der Waals surface area (Å²) in [5.41, 5.74) is 0. The Morgan fingerprint density at radius 1 is 0.581 bits per heavy atom. The van der Waals surface area contributed by atoms with Crippen molar-refractivity contribution in [3.8, 4) is 0 Å². The molecule has 3 fully saturated rings. The van der Waals surface area contributed by atoms with E-state index in [0.29, 0.717) is 6.42 Å². The zero-order valence-electron chi connectivity index (χ0n) is 22.2. The average Bonchev–Trinajstić information content (AvgIpc) is 3.36. The van der Waals surface area contributed by atoms with Crippen molar-refractivity contribution in [2.24, 2.45) is 5.92 Å². The normalized spacial score (nSPS) is 33.1. The van der Waals surface area contributed by atoms with Crippen LogP contribution in [0.15, 0.2) is 0 Å². The molecule has 0 aromatic heterocycles. The number of alkyl halides is 6. The molecule has 24 heteroatoms. The SMILES string of the molecule is C.CC[C@H]1OC(O)C(F)(F)[C@@H]1C.CC[C@H]1OC(O)C(F)(F)[C@@H]1O.OC[C@H]1OC(O)C(F)(F)[C@@H]1O.P=S.P=S.P=S.[Ti].[Ti].[Ti]. The maximum Gasteiger partial charge on any atom is 0.325 e. The van der Waals surface area contributed by atoms with Gasteiger partial charge in [0.1, 0.15) is 12.2 Å². The molecule has 9 atom stereocenters. The van der Waals surface area contributed by atoms with Gasteiger partial charge in [0.05, 0.1) is 24.7 Å². The van der Waals surface area contributed by atoms with Crippen LogP contribution in [-0.4, -0.2) is 104 Å². The predicted octanol–water partition coefficient (Wildman–Crippen LogP) is 2.59. The second kappa shape index (κ2) is 29.8. The van der Waals surface area contributed by atoms with Crippen LogP contribution in [0, 0.1) is 5.92 Å². The number of aliphatic hydroxyl groups is 6. The van der Waals surface area contributed by atoms with Crippen LogP contribution < -0.4 is 0 Å². The first kappa shape index (κ1) is 61.2. The fourth-order valence-electron chi connectivity index (χ4n) is 3.21. The van der Waals surface area contributed by atoms with E-state index >= 15 is 0 Å². The van der Waals surface area contributed by atoms with Gasteiger partial charge in [0, 0.05) is 65.2 Å². The first-order valence-electron chi connectivity index (χ1n) is 10.7. The molecule has 3 rings (SSSR count). The Kier molecular flexibility index (Phi) is 42.4. The van der Waals surface area contributed by atoms with E-state index in [1.807, 2.05) is 0 Å². The maximum absolute atomic E-state index is 12.8. The summed E-state index contributed by atoms with van der Waals surface area (Å²) in [4.78, 5) is 0. The standard InChI is InChI=1S/C7H12F2O2.C6H10F2O3.C5H8F2O4.CH4.3HPS.3Ti/c1-3-5-4(2)7(8,9)6(10)11-5;1-2-3-4(9)6(7,8)5(10)11-3;6-5(7)3(9)2(1-8)11-4(5)10;;3*1-2;;;/h4-6,10H,3H2,1-2H3;3-5,9-10H,2H2,1H3;2-4,8-10H,1H2;1H4;3*1H;;;/t4-,5-,6?;3-,4-,5?;2-,3-,4?;;;;;;;/m111......./s1. The van der Waals surface area contributed by atoms with Gasteiger partial charge in [-0.2, -0.15) is 17.6 Å². The van der Waals surface area contributed by atoms with Crippen molar-refractivity contribution in [2.75, 3.05) is 6.61 Å². The number of hydrogen-bond acceptors (Lipinski definition) is 12. The van der Waals surface area contributed by atoms with E-state index in [1.165, 1.54) is 6.92 Å². The van der Waals surface area contributed by atoms with Crippen LogP contribution in [0.2, 0.25) is 0 Å². The van der Waals surface area contributed by atoms with Crippen LogP contribution in [-0.2, 0) is 115 Å². The third-order valence-corrected chi connectivity index (χ3v) is 5.54. The topological polar surface area (TPSA) is 149 Å². The molecule has 3 unspecified atom stereocenters. The molecular weight excluding hydrogens is 819 g/mol. The first-order valence-corrected chi connectivity index (χ1v) is 15.6. The monoisotopic (exact) mass is 856 g/mol. The number of aliphatic hydroxyl groups excluding tert-OH is 6. The number of hydrogen-bond donors (Lipinski definition) is 6. The summed E-state index contributed by atoms with van der Waals surface area (Å²) in [6.45, 7) is 4.01. The molecule has 6 N–H and O–H groups in total. The molecule has 0 aliphatic carbocycles. The quantitative estimate of drug-likeness (QED) is 0.141. The van der Waals surface area contributed by atoms with Crippen LogP contribution >= 0.6 is 24.0 Å². The number of halogens is 6. The molecule has 0 aromatic rings. The smallest absolute Gasteiger partial charge is 0.325 e. The maximum atomic E-state index is 12.8. The van der Waals surface area contributed by atoms with E-state index in [1.54, 1.807) is 13.8 Å². The van der Waals surface area contributed by atoms with Gasteiger partial charge < -0.3 is 44.8 Å². The molecule has 0 aromatic carbocycles. The Morgan fingerprint density at radius 2 is 0.837 bits per heavy atom. The molecule has 0 radical (unpaired) electrons. The van der Waals surface area contributed by atoms with Crippen molar-refractivity contribution >= 4 is 59.5 Å².